The lowest BCUT2D eigenvalue weighted by Gasteiger charge is -2.25. The largest absolute Gasteiger partial charge is 0.409 e. The van der Waals surface area contributed by atoms with E-state index in [1.54, 1.807) is 11.8 Å². The third-order valence-corrected chi connectivity index (χ3v) is 3.59. The fourth-order valence-corrected chi connectivity index (χ4v) is 2.39. The Morgan fingerprint density at radius 1 is 1.44 bits per heavy atom. The summed E-state index contributed by atoms with van der Waals surface area (Å²) < 4.78 is 0. The van der Waals surface area contributed by atoms with Crippen molar-refractivity contribution in [1.29, 1.82) is 0 Å². The molecule has 1 rings (SSSR count). The van der Waals surface area contributed by atoms with Crippen molar-refractivity contribution in [1.82, 2.24) is 4.90 Å². The summed E-state index contributed by atoms with van der Waals surface area (Å²) in [6, 6.07) is 0. The van der Waals surface area contributed by atoms with Crippen molar-refractivity contribution in [3.63, 3.8) is 0 Å². The van der Waals surface area contributed by atoms with E-state index >= 15 is 0 Å². The Kier molecular flexibility index (Phi) is 4.95. The summed E-state index contributed by atoms with van der Waals surface area (Å²) in [6.45, 7) is 6.63. The number of likely N-dealkylation sites (tertiary alicyclic amines) is 1. The van der Waals surface area contributed by atoms with Gasteiger partial charge in [0.1, 0.15) is 5.92 Å². The Balaban J connectivity index is 2.74. The first kappa shape index (κ1) is 14.8. The monoisotopic (exact) mass is 257 g/mol. The zero-order valence-corrected chi connectivity index (χ0v) is 11.2. The number of carbonyl (C=O) groups excluding carboxylic acids is 1. The lowest BCUT2D eigenvalue weighted by atomic mass is 9.93. The molecule has 1 fully saturated rings. The number of amidine groups is 1. The lowest BCUT2D eigenvalue weighted by molar-refractivity contribution is -0.133. The van der Waals surface area contributed by atoms with E-state index < -0.39 is 12.0 Å². The highest BCUT2D eigenvalue weighted by Crippen LogP contribution is 2.23. The van der Waals surface area contributed by atoms with E-state index in [2.05, 4.69) is 5.16 Å². The number of oxime groups is 1. The van der Waals surface area contributed by atoms with Gasteiger partial charge in [-0.1, -0.05) is 19.0 Å². The minimum Gasteiger partial charge on any atom is -0.409 e. The summed E-state index contributed by atoms with van der Waals surface area (Å²) in [5.74, 6) is -0.672. The highest BCUT2D eigenvalue weighted by molar-refractivity contribution is 6.02. The minimum absolute atomic E-state index is 0.0287. The first-order valence-corrected chi connectivity index (χ1v) is 6.32. The van der Waals surface area contributed by atoms with Crippen LogP contribution in [0, 0.1) is 17.8 Å². The quantitative estimate of drug-likeness (QED) is 0.290. The minimum atomic E-state index is -0.595. The van der Waals surface area contributed by atoms with Gasteiger partial charge in [-0.15, -0.1) is 0 Å². The summed E-state index contributed by atoms with van der Waals surface area (Å²) in [5, 5.41) is 21.2. The molecule has 6 heteroatoms. The topological polar surface area (TPSA) is 99.2 Å². The molecule has 3 atom stereocenters. The molecule has 0 aromatic carbocycles. The van der Waals surface area contributed by atoms with Gasteiger partial charge in [-0.25, -0.2) is 0 Å². The maximum absolute atomic E-state index is 12.3. The van der Waals surface area contributed by atoms with Crippen LogP contribution in [0.1, 0.15) is 27.2 Å². The molecule has 0 spiro atoms. The number of nitrogens with two attached hydrogens (primary N) is 1. The van der Waals surface area contributed by atoms with Crippen molar-refractivity contribution < 1.29 is 15.1 Å². The van der Waals surface area contributed by atoms with Crippen LogP contribution < -0.4 is 5.73 Å². The highest BCUT2D eigenvalue weighted by Gasteiger charge is 2.35. The van der Waals surface area contributed by atoms with Crippen LogP contribution in [-0.2, 0) is 4.79 Å². The van der Waals surface area contributed by atoms with Crippen LogP contribution in [0.15, 0.2) is 5.16 Å². The number of rotatable bonds is 4. The second kappa shape index (κ2) is 6.04. The molecular formula is C12H23N3O3. The number of hydrogen-bond donors (Lipinski definition) is 3. The van der Waals surface area contributed by atoms with Gasteiger partial charge < -0.3 is 20.9 Å². The first-order chi connectivity index (χ1) is 8.38. The predicted molar refractivity (Wildman–Crippen MR) is 68.1 cm³/mol. The van der Waals surface area contributed by atoms with E-state index in [0.29, 0.717) is 13.1 Å². The molecule has 1 amide bonds. The molecule has 1 saturated heterocycles. The Morgan fingerprint density at radius 3 is 2.44 bits per heavy atom. The SMILES string of the molecule is CC(C)C(C(=O)N1CCC(C(C)O)C1)C(N)=NO. The normalized spacial score (nSPS) is 24.4. The summed E-state index contributed by atoms with van der Waals surface area (Å²) in [6.07, 6.45) is 0.383. The summed E-state index contributed by atoms with van der Waals surface area (Å²) in [7, 11) is 0. The van der Waals surface area contributed by atoms with Crippen LogP contribution in [-0.4, -0.2) is 46.1 Å². The molecule has 1 aliphatic rings. The summed E-state index contributed by atoms with van der Waals surface area (Å²) in [5.41, 5.74) is 5.58. The molecule has 3 unspecified atom stereocenters. The van der Waals surface area contributed by atoms with Crippen LogP contribution in [0.4, 0.5) is 0 Å². The fourth-order valence-electron chi connectivity index (χ4n) is 2.39. The van der Waals surface area contributed by atoms with Crippen molar-refractivity contribution in [3.8, 4) is 0 Å². The molecule has 18 heavy (non-hydrogen) atoms. The zero-order chi connectivity index (χ0) is 13.9. The number of carbonyl (C=O) groups is 1. The summed E-state index contributed by atoms with van der Waals surface area (Å²) in [4.78, 5) is 14.0. The van der Waals surface area contributed by atoms with Gasteiger partial charge in [0.25, 0.3) is 0 Å². The molecule has 0 aliphatic carbocycles. The lowest BCUT2D eigenvalue weighted by Crippen LogP contribution is -2.43. The predicted octanol–water partition coefficient (Wildman–Crippen LogP) is 0.234. The van der Waals surface area contributed by atoms with E-state index in [1.807, 2.05) is 13.8 Å². The average molecular weight is 257 g/mol. The second-order valence-electron chi connectivity index (χ2n) is 5.32. The Bertz CT molecular complexity index is 329. The van der Waals surface area contributed by atoms with Crippen LogP contribution in [0.5, 0.6) is 0 Å². The molecule has 0 bridgehead atoms. The standard InChI is InChI=1S/C12H23N3O3/c1-7(2)10(11(13)14-18)12(17)15-5-4-9(6-15)8(3)16/h7-10,16,18H,4-6H2,1-3H3,(H2,13,14). The zero-order valence-electron chi connectivity index (χ0n) is 11.2. The molecule has 104 valence electrons. The van der Waals surface area contributed by atoms with E-state index in [9.17, 15) is 9.90 Å². The molecule has 0 radical (unpaired) electrons. The van der Waals surface area contributed by atoms with E-state index in [4.69, 9.17) is 10.9 Å². The van der Waals surface area contributed by atoms with Crippen molar-refractivity contribution in [2.75, 3.05) is 13.1 Å². The number of aliphatic hydroxyl groups excluding tert-OH is 1. The van der Waals surface area contributed by atoms with Crippen molar-refractivity contribution in [3.05, 3.63) is 0 Å². The van der Waals surface area contributed by atoms with Crippen molar-refractivity contribution >= 4 is 11.7 Å². The van der Waals surface area contributed by atoms with E-state index in [0.717, 1.165) is 6.42 Å². The molecule has 4 N–H and O–H groups in total. The Hall–Kier alpha value is -1.30. The second-order valence-corrected chi connectivity index (χ2v) is 5.32. The van der Waals surface area contributed by atoms with Crippen molar-refractivity contribution in [2.24, 2.45) is 28.6 Å². The molecule has 0 aromatic rings. The third kappa shape index (κ3) is 3.13. The average Bonchev–Trinajstić information content (AvgIpc) is 2.77. The Labute approximate surface area is 107 Å². The van der Waals surface area contributed by atoms with Crippen LogP contribution in [0.25, 0.3) is 0 Å². The molecule has 0 saturated carbocycles. The van der Waals surface area contributed by atoms with Gasteiger partial charge in [0.05, 0.1) is 6.10 Å². The van der Waals surface area contributed by atoms with Gasteiger partial charge in [-0.05, 0) is 19.3 Å². The Morgan fingerprint density at radius 2 is 2.06 bits per heavy atom. The molecular weight excluding hydrogens is 234 g/mol. The van der Waals surface area contributed by atoms with Crippen LogP contribution >= 0.6 is 0 Å². The molecule has 1 aliphatic heterocycles. The molecule has 1 heterocycles. The molecule has 6 nitrogen and oxygen atoms in total. The van der Waals surface area contributed by atoms with Crippen LogP contribution in [0.3, 0.4) is 0 Å². The maximum Gasteiger partial charge on any atom is 0.233 e. The van der Waals surface area contributed by atoms with Gasteiger partial charge in [0.2, 0.25) is 5.91 Å². The fraction of sp³-hybridized carbons (Fsp3) is 0.833. The first-order valence-electron chi connectivity index (χ1n) is 6.32. The smallest absolute Gasteiger partial charge is 0.233 e. The van der Waals surface area contributed by atoms with E-state index in [1.165, 1.54) is 0 Å². The number of amides is 1. The highest BCUT2D eigenvalue weighted by atomic mass is 16.4. The number of nitrogens with zero attached hydrogens (tertiary/aromatic N) is 2. The van der Waals surface area contributed by atoms with E-state index in [-0.39, 0.29) is 23.6 Å². The summed E-state index contributed by atoms with van der Waals surface area (Å²) >= 11 is 0. The number of hydrogen-bond acceptors (Lipinski definition) is 4. The number of aliphatic hydroxyl groups is 1. The van der Waals surface area contributed by atoms with Gasteiger partial charge >= 0.3 is 0 Å². The van der Waals surface area contributed by atoms with Gasteiger partial charge in [0.15, 0.2) is 5.84 Å². The van der Waals surface area contributed by atoms with Gasteiger partial charge in [0, 0.05) is 19.0 Å². The maximum atomic E-state index is 12.3. The van der Waals surface area contributed by atoms with Crippen LogP contribution in [0.2, 0.25) is 0 Å². The molecule has 0 aromatic heterocycles. The van der Waals surface area contributed by atoms with Gasteiger partial charge in [-0.2, -0.15) is 0 Å². The van der Waals surface area contributed by atoms with Crippen molar-refractivity contribution in [2.45, 2.75) is 33.3 Å². The third-order valence-electron chi connectivity index (χ3n) is 3.59. The van der Waals surface area contributed by atoms with Gasteiger partial charge in [-0.3, -0.25) is 4.79 Å².